The first kappa shape index (κ1) is 11.2. The third kappa shape index (κ3) is 3.47. The number of nitrogens with zero attached hydrogens (tertiary/aromatic N) is 2. The molecule has 1 atom stereocenters. The van der Waals surface area contributed by atoms with Crippen molar-refractivity contribution in [1.29, 1.82) is 0 Å². The average Bonchev–Trinajstić information content (AvgIpc) is 2.47. The second-order valence-corrected chi connectivity index (χ2v) is 5.60. The second kappa shape index (κ2) is 4.10. The van der Waals surface area contributed by atoms with Crippen LogP contribution < -0.4 is 0 Å². The van der Waals surface area contributed by atoms with Crippen molar-refractivity contribution in [2.24, 2.45) is 0 Å². The molecule has 0 radical (unpaired) electrons. The third-order valence-electron chi connectivity index (χ3n) is 1.83. The summed E-state index contributed by atoms with van der Waals surface area (Å²) in [6.45, 7) is 1.96. The van der Waals surface area contributed by atoms with Crippen molar-refractivity contribution in [2.75, 3.05) is 12.0 Å². The van der Waals surface area contributed by atoms with E-state index >= 15 is 0 Å². The molecule has 1 N–H and O–H groups in total. The van der Waals surface area contributed by atoms with E-state index in [0.29, 0.717) is 12.1 Å². The van der Waals surface area contributed by atoms with Crippen molar-refractivity contribution in [3.8, 4) is 0 Å². The SMILES string of the molecule is CC(O)c1cnn(CCS(C)(=O)=O)c1. The second-order valence-electron chi connectivity index (χ2n) is 3.34. The van der Waals surface area contributed by atoms with Gasteiger partial charge in [0.15, 0.2) is 0 Å². The topological polar surface area (TPSA) is 72.2 Å². The monoisotopic (exact) mass is 218 g/mol. The molecule has 0 aliphatic rings. The Bertz CT molecular complexity index is 394. The van der Waals surface area contributed by atoms with Gasteiger partial charge >= 0.3 is 0 Å². The number of hydrogen-bond acceptors (Lipinski definition) is 4. The minimum Gasteiger partial charge on any atom is -0.389 e. The maximum Gasteiger partial charge on any atom is 0.149 e. The first-order valence-corrected chi connectivity index (χ1v) is 6.32. The molecular weight excluding hydrogens is 204 g/mol. The van der Waals surface area contributed by atoms with Crippen molar-refractivity contribution in [1.82, 2.24) is 9.78 Å². The van der Waals surface area contributed by atoms with E-state index in [1.807, 2.05) is 0 Å². The molecule has 0 aliphatic heterocycles. The summed E-state index contributed by atoms with van der Waals surface area (Å²) in [7, 11) is -2.96. The number of hydrogen-bond donors (Lipinski definition) is 1. The highest BCUT2D eigenvalue weighted by molar-refractivity contribution is 7.90. The molecule has 1 aromatic rings. The Morgan fingerprint density at radius 3 is 2.71 bits per heavy atom. The largest absolute Gasteiger partial charge is 0.389 e. The lowest BCUT2D eigenvalue weighted by molar-refractivity contribution is 0.199. The van der Waals surface area contributed by atoms with Crippen molar-refractivity contribution >= 4 is 9.84 Å². The normalized spacial score (nSPS) is 14.2. The summed E-state index contributed by atoms with van der Waals surface area (Å²) in [4.78, 5) is 0. The van der Waals surface area contributed by atoms with Gasteiger partial charge in [-0.2, -0.15) is 5.10 Å². The highest BCUT2D eigenvalue weighted by Gasteiger charge is 2.06. The van der Waals surface area contributed by atoms with Gasteiger partial charge in [-0.15, -0.1) is 0 Å². The van der Waals surface area contributed by atoms with E-state index in [4.69, 9.17) is 0 Å². The Morgan fingerprint density at radius 2 is 2.29 bits per heavy atom. The molecule has 0 aliphatic carbocycles. The molecule has 6 heteroatoms. The van der Waals surface area contributed by atoms with Gasteiger partial charge in [0, 0.05) is 18.0 Å². The van der Waals surface area contributed by atoms with E-state index in [-0.39, 0.29) is 5.75 Å². The minimum absolute atomic E-state index is 0.0634. The minimum atomic E-state index is -2.96. The zero-order chi connectivity index (χ0) is 10.8. The molecule has 0 spiro atoms. The summed E-state index contributed by atoms with van der Waals surface area (Å²) in [5, 5.41) is 13.1. The van der Waals surface area contributed by atoms with Gasteiger partial charge in [-0.05, 0) is 6.92 Å². The molecule has 0 amide bonds. The summed E-state index contributed by atoms with van der Waals surface area (Å²) >= 11 is 0. The zero-order valence-electron chi connectivity index (χ0n) is 8.21. The molecule has 0 bridgehead atoms. The Morgan fingerprint density at radius 1 is 1.64 bits per heavy atom. The van der Waals surface area contributed by atoms with E-state index in [1.165, 1.54) is 17.1 Å². The fraction of sp³-hybridized carbons (Fsp3) is 0.625. The van der Waals surface area contributed by atoms with E-state index < -0.39 is 15.9 Å². The molecule has 1 unspecified atom stereocenters. The van der Waals surface area contributed by atoms with E-state index in [2.05, 4.69) is 5.10 Å². The lowest BCUT2D eigenvalue weighted by atomic mass is 10.2. The average molecular weight is 218 g/mol. The molecule has 0 aromatic carbocycles. The van der Waals surface area contributed by atoms with Crippen LogP contribution in [0.4, 0.5) is 0 Å². The molecule has 5 nitrogen and oxygen atoms in total. The van der Waals surface area contributed by atoms with Gasteiger partial charge in [0.25, 0.3) is 0 Å². The highest BCUT2D eigenvalue weighted by atomic mass is 32.2. The van der Waals surface area contributed by atoms with Crippen LogP contribution in [-0.4, -0.2) is 35.3 Å². The van der Waals surface area contributed by atoms with Crippen molar-refractivity contribution in [3.05, 3.63) is 18.0 Å². The summed E-state index contributed by atoms with van der Waals surface area (Å²) in [5.74, 6) is 0.0634. The maximum absolute atomic E-state index is 10.9. The number of sulfone groups is 1. The Kier molecular flexibility index (Phi) is 3.28. The highest BCUT2D eigenvalue weighted by Crippen LogP contribution is 2.09. The standard InChI is InChI=1S/C8H14N2O3S/c1-7(11)8-5-9-10(6-8)3-4-14(2,12)13/h5-7,11H,3-4H2,1-2H3. The molecule has 1 rings (SSSR count). The van der Waals surface area contributed by atoms with Crippen LogP contribution in [0.3, 0.4) is 0 Å². The molecule has 0 saturated carbocycles. The van der Waals surface area contributed by atoms with Gasteiger partial charge in [-0.1, -0.05) is 0 Å². The molecule has 0 saturated heterocycles. The van der Waals surface area contributed by atoms with E-state index in [9.17, 15) is 13.5 Å². The third-order valence-corrected chi connectivity index (χ3v) is 2.75. The molecular formula is C8H14N2O3S. The molecule has 80 valence electrons. The van der Waals surface area contributed by atoms with Crippen LogP contribution in [-0.2, 0) is 16.4 Å². The lowest BCUT2D eigenvalue weighted by Gasteiger charge is -1.99. The smallest absolute Gasteiger partial charge is 0.149 e. The predicted molar refractivity (Wildman–Crippen MR) is 52.6 cm³/mol. The molecule has 14 heavy (non-hydrogen) atoms. The molecule has 1 heterocycles. The summed E-state index contributed by atoms with van der Waals surface area (Å²) in [6, 6.07) is 0. The number of aromatic nitrogens is 2. The predicted octanol–water partition coefficient (Wildman–Crippen LogP) is -0.0190. The van der Waals surface area contributed by atoms with Gasteiger partial charge in [0.2, 0.25) is 0 Å². The van der Waals surface area contributed by atoms with Crippen molar-refractivity contribution in [2.45, 2.75) is 19.6 Å². The first-order chi connectivity index (χ1) is 6.38. The Labute approximate surface area is 83.3 Å². The van der Waals surface area contributed by atoms with Crippen molar-refractivity contribution in [3.63, 3.8) is 0 Å². The fourth-order valence-corrected chi connectivity index (χ4v) is 1.50. The van der Waals surface area contributed by atoms with Gasteiger partial charge in [0.05, 0.1) is 24.6 Å². The number of aliphatic hydroxyl groups is 1. The van der Waals surface area contributed by atoms with Gasteiger partial charge in [0.1, 0.15) is 9.84 Å². The summed E-state index contributed by atoms with van der Waals surface area (Å²) in [6.07, 6.45) is 3.80. The number of aliphatic hydroxyl groups excluding tert-OH is 1. The van der Waals surface area contributed by atoms with Crippen LogP contribution in [0.2, 0.25) is 0 Å². The van der Waals surface area contributed by atoms with Gasteiger partial charge < -0.3 is 5.11 Å². The van der Waals surface area contributed by atoms with Gasteiger partial charge in [-0.3, -0.25) is 4.68 Å². The summed E-state index contributed by atoms with van der Waals surface area (Å²) in [5.41, 5.74) is 0.693. The number of rotatable bonds is 4. The Balaban J connectivity index is 2.61. The lowest BCUT2D eigenvalue weighted by Crippen LogP contribution is -2.11. The van der Waals surface area contributed by atoms with Crippen LogP contribution in [0.15, 0.2) is 12.4 Å². The van der Waals surface area contributed by atoms with E-state index in [1.54, 1.807) is 13.1 Å². The van der Waals surface area contributed by atoms with Gasteiger partial charge in [-0.25, -0.2) is 8.42 Å². The van der Waals surface area contributed by atoms with Crippen molar-refractivity contribution < 1.29 is 13.5 Å². The first-order valence-electron chi connectivity index (χ1n) is 4.26. The number of aryl methyl sites for hydroxylation is 1. The maximum atomic E-state index is 10.9. The molecule has 0 fully saturated rings. The quantitative estimate of drug-likeness (QED) is 0.771. The van der Waals surface area contributed by atoms with Crippen LogP contribution in [0.1, 0.15) is 18.6 Å². The Hall–Kier alpha value is -0.880. The van der Waals surface area contributed by atoms with Crippen LogP contribution >= 0.6 is 0 Å². The summed E-state index contributed by atoms with van der Waals surface area (Å²) < 4.78 is 23.2. The van der Waals surface area contributed by atoms with Crippen LogP contribution in [0, 0.1) is 0 Å². The van der Waals surface area contributed by atoms with Crippen LogP contribution in [0.25, 0.3) is 0 Å². The van der Waals surface area contributed by atoms with E-state index in [0.717, 1.165) is 0 Å². The fourth-order valence-electron chi connectivity index (χ4n) is 0.977. The van der Waals surface area contributed by atoms with Crippen LogP contribution in [0.5, 0.6) is 0 Å². The molecule has 1 aromatic heterocycles. The zero-order valence-corrected chi connectivity index (χ0v) is 9.03.